The van der Waals surface area contributed by atoms with Gasteiger partial charge in [-0.1, -0.05) is 91.0 Å². The van der Waals surface area contributed by atoms with Crippen molar-refractivity contribution in [1.29, 1.82) is 0 Å². The summed E-state index contributed by atoms with van der Waals surface area (Å²) in [4.78, 5) is 0. The molecule has 7 heteroatoms. The molecule has 4 aromatic carbocycles. The van der Waals surface area contributed by atoms with Crippen molar-refractivity contribution in [3.05, 3.63) is 150 Å². The maximum Gasteiger partial charge on any atom is 0.119 e. The number of hydrogen-bond donors (Lipinski definition) is 1. The molecule has 0 radical (unpaired) electrons. The average molecular weight is 565 g/mol. The highest BCUT2D eigenvalue weighted by molar-refractivity contribution is 5.37. The van der Waals surface area contributed by atoms with Crippen LogP contribution in [-0.4, -0.2) is 40.8 Å². The number of nitrogens with zero attached hydrogens (tertiary/aromatic N) is 2. The van der Waals surface area contributed by atoms with Crippen LogP contribution in [0.1, 0.15) is 28.4 Å². The highest BCUT2D eigenvalue weighted by Gasteiger charge is 2.33. The fourth-order valence-electron chi connectivity index (χ4n) is 4.63. The summed E-state index contributed by atoms with van der Waals surface area (Å²) in [5.41, 5.74) is 4.70. The van der Waals surface area contributed by atoms with Gasteiger partial charge in [-0.05, 0) is 41.0 Å². The minimum atomic E-state index is -0.970. The van der Waals surface area contributed by atoms with Gasteiger partial charge in [0.1, 0.15) is 24.1 Å². The van der Waals surface area contributed by atoms with Gasteiger partial charge in [0.2, 0.25) is 0 Å². The molecular weight excluding hydrogens is 528 g/mol. The lowest BCUT2D eigenvalue weighted by Gasteiger charge is -2.31. The quantitative estimate of drug-likeness (QED) is 0.161. The Balaban J connectivity index is 1.40. The smallest absolute Gasteiger partial charge is 0.119 e. The number of aliphatic hydroxyl groups is 1. The second-order valence-electron chi connectivity index (χ2n) is 9.96. The van der Waals surface area contributed by atoms with E-state index in [0.717, 1.165) is 33.7 Å². The Morgan fingerprint density at radius 1 is 0.690 bits per heavy atom. The van der Waals surface area contributed by atoms with Crippen molar-refractivity contribution in [2.45, 2.75) is 38.1 Å². The van der Waals surface area contributed by atoms with Crippen LogP contribution in [0.4, 0.5) is 0 Å². The minimum Gasteiger partial charge on any atom is -0.497 e. The molecule has 0 saturated heterocycles. The number of methoxy groups -OCH3 is 1. The van der Waals surface area contributed by atoms with Gasteiger partial charge in [0, 0.05) is 11.8 Å². The summed E-state index contributed by atoms with van der Waals surface area (Å²) < 4.78 is 26.0. The first-order valence-corrected chi connectivity index (χ1v) is 14.0. The number of hydrogen-bond acceptors (Lipinski definition) is 6. The standard InChI is InChI=1S/C35H36N2O5/c1-39-32-19-17-31(18-20-32)37-22-30(21-36-37)34(41-24-28-13-7-3-8-14-28)35(42-25-29-15-9-4-10-16-29)33(38)26-40-23-27-11-5-2-6-12-27/h2-22,33-35,38H,23-26H2,1H3/t33-,34-,35-/m1/s1. The molecule has 0 saturated carbocycles. The molecule has 0 aliphatic rings. The van der Waals surface area contributed by atoms with Crippen LogP contribution < -0.4 is 4.74 Å². The predicted molar refractivity (Wildman–Crippen MR) is 161 cm³/mol. The van der Waals surface area contributed by atoms with Gasteiger partial charge in [-0.3, -0.25) is 0 Å². The van der Waals surface area contributed by atoms with E-state index in [1.807, 2.05) is 121 Å². The van der Waals surface area contributed by atoms with E-state index in [4.69, 9.17) is 18.9 Å². The predicted octanol–water partition coefficient (Wildman–Crippen LogP) is 6.30. The maximum absolute atomic E-state index is 11.5. The van der Waals surface area contributed by atoms with E-state index in [9.17, 15) is 5.11 Å². The molecule has 0 aliphatic heterocycles. The van der Waals surface area contributed by atoms with Crippen molar-refractivity contribution in [2.24, 2.45) is 0 Å². The Hall–Kier alpha value is -4.27. The fraction of sp³-hybridized carbons (Fsp3) is 0.229. The van der Waals surface area contributed by atoms with E-state index in [1.54, 1.807) is 18.0 Å². The van der Waals surface area contributed by atoms with Crippen LogP contribution in [0.5, 0.6) is 5.75 Å². The lowest BCUT2D eigenvalue weighted by atomic mass is 10.0. The monoisotopic (exact) mass is 564 g/mol. The Kier molecular flexibility index (Phi) is 10.5. The molecule has 1 N–H and O–H groups in total. The molecule has 1 heterocycles. The molecule has 42 heavy (non-hydrogen) atoms. The number of aliphatic hydroxyl groups excluding tert-OH is 1. The number of ether oxygens (including phenoxy) is 4. The Morgan fingerprint density at radius 2 is 1.24 bits per heavy atom. The zero-order chi connectivity index (χ0) is 29.0. The Labute approximate surface area is 246 Å². The average Bonchev–Trinajstić information content (AvgIpc) is 3.54. The molecule has 0 fully saturated rings. The zero-order valence-electron chi connectivity index (χ0n) is 23.7. The number of benzene rings is 4. The summed E-state index contributed by atoms with van der Waals surface area (Å²) in [7, 11) is 1.64. The topological polar surface area (TPSA) is 75.0 Å². The van der Waals surface area contributed by atoms with Crippen LogP contribution in [-0.2, 0) is 34.0 Å². The van der Waals surface area contributed by atoms with Gasteiger partial charge in [-0.25, -0.2) is 4.68 Å². The van der Waals surface area contributed by atoms with Crippen LogP contribution in [0, 0.1) is 0 Å². The zero-order valence-corrected chi connectivity index (χ0v) is 23.7. The van der Waals surface area contributed by atoms with Crippen LogP contribution in [0.25, 0.3) is 5.69 Å². The van der Waals surface area contributed by atoms with Crippen molar-refractivity contribution in [2.75, 3.05) is 13.7 Å². The van der Waals surface area contributed by atoms with Crippen LogP contribution >= 0.6 is 0 Å². The maximum atomic E-state index is 11.5. The first-order valence-electron chi connectivity index (χ1n) is 14.0. The van der Waals surface area contributed by atoms with E-state index in [-0.39, 0.29) is 6.61 Å². The van der Waals surface area contributed by atoms with E-state index >= 15 is 0 Å². The van der Waals surface area contributed by atoms with E-state index < -0.39 is 18.3 Å². The highest BCUT2D eigenvalue weighted by Crippen LogP contribution is 2.29. The summed E-state index contributed by atoms with van der Waals surface area (Å²) in [6.07, 6.45) is 1.33. The van der Waals surface area contributed by atoms with Crippen molar-refractivity contribution < 1.29 is 24.1 Å². The van der Waals surface area contributed by atoms with Crippen molar-refractivity contribution in [1.82, 2.24) is 9.78 Å². The summed E-state index contributed by atoms with van der Waals surface area (Å²) in [5, 5.41) is 16.1. The van der Waals surface area contributed by atoms with Crippen LogP contribution in [0.2, 0.25) is 0 Å². The van der Waals surface area contributed by atoms with Crippen molar-refractivity contribution in [3.8, 4) is 11.4 Å². The summed E-state index contributed by atoms with van der Waals surface area (Å²) >= 11 is 0. The van der Waals surface area contributed by atoms with E-state index in [0.29, 0.717) is 19.8 Å². The van der Waals surface area contributed by atoms with Crippen LogP contribution in [0.3, 0.4) is 0 Å². The molecule has 1 aromatic heterocycles. The second kappa shape index (κ2) is 15.1. The molecule has 7 nitrogen and oxygen atoms in total. The normalized spacial score (nSPS) is 13.4. The third-order valence-corrected chi connectivity index (χ3v) is 6.90. The lowest BCUT2D eigenvalue weighted by Crippen LogP contribution is -2.39. The van der Waals surface area contributed by atoms with Gasteiger partial charge < -0.3 is 24.1 Å². The van der Waals surface area contributed by atoms with Crippen LogP contribution in [0.15, 0.2) is 128 Å². The minimum absolute atomic E-state index is 0.0756. The first kappa shape index (κ1) is 29.2. The highest BCUT2D eigenvalue weighted by atomic mass is 16.6. The molecule has 0 aliphatic carbocycles. The number of aromatic nitrogens is 2. The molecule has 0 amide bonds. The van der Waals surface area contributed by atoms with Gasteiger partial charge in [-0.2, -0.15) is 5.10 Å². The summed E-state index contributed by atoms with van der Waals surface area (Å²) in [5.74, 6) is 0.767. The first-order chi connectivity index (χ1) is 20.7. The van der Waals surface area contributed by atoms with Crippen molar-refractivity contribution >= 4 is 0 Å². The number of rotatable bonds is 15. The van der Waals surface area contributed by atoms with E-state index in [2.05, 4.69) is 5.10 Å². The van der Waals surface area contributed by atoms with Gasteiger partial charge >= 0.3 is 0 Å². The molecular formula is C35H36N2O5. The van der Waals surface area contributed by atoms with Gasteiger partial charge in [0.25, 0.3) is 0 Å². The van der Waals surface area contributed by atoms with Gasteiger partial charge in [0.05, 0.1) is 45.4 Å². The lowest BCUT2D eigenvalue weighted by molar-refractivity contribution is -0.149. The second-order valence-corrected chi connectivity index (χ2v) is 9.96. The third kappa shape index (κ3) is 8.15. The summed E-state index contributed by atoms with van der Waals surface area (Å²) in [6, 6.07) is 37.4. The molecule has 3 atom stereocenters. The molecule has 0 bridgehead atoms. The van der Waals surface area contributed by atoms with Crippen molar-refractivity contribution in [3.63, 3.8) is 0 Å². The van der Waals surface area contributed by atoms with Gasteiger partial charge in [0.15, 0.2) is 0 Å². The summed E-state index contributed by atoms with van der Waals surface area (Å²) in [6.45, 7) is 1.10. The fourth-order valence-corrected chi connectivity index (χ4v) is 4.63. The van der Waals surface area contributed by atoms with E-state index in [1.165, 1.54) is 0 Å². The molecule has 0 spiro atoms. The Bertz CT molecular complexity index is 1460. The molecule has 5 aromatic rings. The SMILES string of the molecule is COc1ccc(-n2cc([C@@H](OCc3ccccc3)[C@H](OCc3ccccc3)[C@H](O)COCc3ccccc3)cn2)cc1. The molecule has 216 valence electrons. The molecule has 5 rings (SSSR count). The largest absolute Gasteiger partial charge is 0.497 e. The molecule has 0 unspecified atom stereocenters. The Morgan fingerprint density at radius 3 is 1.81 bits per heavy atom. The van der Waals surface area contributed by atoms with Gasteiger partial charge in [-0.15, -0.1) is 0 Å². The third-order valence-electron chi connectivity index (χ3n) is 6.90.